The van der Waals surface area contributed by atoms with Crippen molar-refractivity contribution in [3.63, 3.8) is 0 Å². The Morgan fingerprint density at radius 3 is 2.12 bits per heavy atom. The molecule has 3 heteroatoms. The molecule has 1 aromatic carbocycles. The molecule has 0 unspecified atom stereocenters. The van der Waals surface area contributed by atoms with E-state index in [1.165, 1.54) is 11.1 Å². The molecule has 94 valence electrons. The number of rotatable bonds is 2. The van der Waals surface area contributed by atoms with E-state index >= 15 is 0 Å². The van der Waals surface area contributed by atoms with Crippen LogP contribution in [0.4, 0.5) is 0 Å². The van der Waals surface area contributed by atoms with E-state index < -0.39 is 0 Å². The summed E-state index contributed by atoms with van der Waals surface area (Å²) in [7, 11) is 4.12. The Morgan fingerprint density at radius 1 is 1.19 bits per heavy atom. The predicted octanol–water partition coefficient (Wildman–Crippen LogP) is 2.95. The second-order valence-corrected chi connectivity index (χ2v) is 5.75. The van der Waals surface area contributed by atoms with Crippen LogP contribution in [0.2, 0.25) is 0 Å². The SMILES string of the molecule is CN(C)Cc1ccc(C(C)(C)C)cc1[S-].[Cu+]. The van der Waals surface area contributed by atoms with Crippen molar-refractivity contribution < 1.29 is 17.1 Å². The van der Waals surface area contributed by atoms with Crippen molar-refractivity contribution in [2.45, 2.75) is 37.6 Å². The third-order valence-corrected chi connectivity index (χ3v) is 2.80. The van der Waals surface area contributed by atoms with Gasteiger partial charge in [0, 0.05) is 6.54 Å². The van der Waals surface area contributed by atoms with E-state index in [1.807, 2.05) is 0 Å². The van der Waals surface area contributed by atoms with Gasteiger partial charge in [0.15, 0.2) is 0 Å². The average Bonchev–Trinajstić information content (AvgIpc) is 2.05. The van der Waals surface area contributed by atoms with E-state index in [0.717, 1.165) is 11.4 Å². The van der Waals surface area contributed by atoms with Crippen LogP contribution in [0.25, 0.3) is 0 Å². The van der Waals surface area contributed by atoms with E-state index in [4.69, 9.17) is 12.6 Å². The van der Waals surface area contributed by atoms with Gasteiger partial charge in [0.25, 0.3) is 0 Å². The van der Waals surface area contributed by atoms with Gasteiger partial charge in [0.05, 0.1) is 0 Å². The Balaban J connectivity index is 0.00000225. The number of nitrogens with zero attached hydrogens (tertiary/aromatic N) is 1. The van der Waals surface area contributed by atoms with E-state index in [9.17, 15) is 0 Å². The number of benzene rings is 1. The smallest absolute Gasteiger partial charge is 0.779 e. The summed E-state index contributed by atoms with van der Waals surface area (Å²) in [6.07, 6.45) is 0. The van der Waals surface area contributed by atoms with Crippen LogP contribution in [0.5, 0.6) is 0 Å². The fraction of sp³-hybridized carbons (Fsp3) is 0.538. The first-order valence-corrected chi connectivity index (χ1v) is 5.66. The van der Waals surface area contributed by atoms with Crippen LogP contribution in [-0.4, -0.2) is 19.0 Å². The van der Waals surface area contributed by atoms with Crippen molar-refractivity contribution in [1.29, 1.82) is 0 Å². The summed E-state index contributed by atoms with van der Waals surface area (Å²) in [5.74, 6) is 0. The molecular weight excluding hydrogens is 266 g/mol. The molecule has 0 saturated heterocycles. The Hall–Kier alpha value is -0.0805. The average molecular weight is 286 g/mol. The Bertz CT molecular complexity index is 342. The van der Waals surface area contributed by atoms with Crippen LogP contribution in [-0.2, 0) is 41.7 Å². The predicted molar refractivity (Wildman–Crippen MR) is 68.2 cm³/mol. The minimum atomic E-state index is 0. The number of hydrogen-bond donors (Lipinski definition) is 0. The molecule has 0 spiro atoms. The molecule has 0 atom stereocenters. The molecule has 16 heavy (non-hydrogen) atoms. The monoisotopic (exact) mass is 285 g/mol. The molecule has 1 nitrogen and oxygen atoms in total. The van der Waals surface area contributed by atoms with Crippen LogP contribution in [0.15, 0.2) is 23.1 Å². The fourth-order valence-electron chi connectivity index (χ4n) is 1.49. The van der Waals surface area contributed by atoms with Crippen LogP contribution in [0, 0.1) is 0 Å². The zero-order chi connectivity index (χ0) is 11.6. The van der Waals surface area contributed by atoms with Gasteiger partial charge in [-0.2, -0.15) is 4.90 Å². The topological polar surface area (TPSA) is 3.24 Å². The minimum Gasteiger partial charge on any atom is -0.779 e. The first-order chi connectivity index (χ1) is 6.80. The first kappa shape index (κ1) is 15.9. The number of hydrogen-bond acceptors (Lipinski definition) is 2. The van der Waals surface area contributed by atoms with Gasteiger partial charge in [-0.15, -0.1) is 0 Å². The van der Waals surface area contributed by atoms with Gasteiger partial charge >= 0.3 is 17.1 Å². The Morgan fingerprint density at radius 2 is 1.75 bits per heavy atom. The standard InChI is InChI=1S/C13H21NS.Cu/c1-13(2,3)11-7-6-10(9-14(4)5)12(15)8-11;/h6-8,15H,9H2,1-5H3;/q;+1/p-1. The maximum atomic E-state index is 5.40. The van der Waals surface area contributed by atoms with Crippen molar-refractivity contribution >= 4 is 12.6 Å². The van der Waals surface area contributed by atoms with E-state index in [2.05, 4.69) is 58.0 Å². The first-order valence-electron chi connectivity index (χ1n) is 5.26. The molecule has 1 rings (SSSR count). The van der Waals surface area contributed by atoms with Gasteiger partial charge < -0.3 is 17.5 Å². The molecule has 0 radical (unpaired) electrons. The van der Waals surface area contributed by atoms with E-state index in [-0.39, 0.29) is 22.5 Å². The van der Waals surface area contributed by atoms with Gasteiger partial charge in [-0.3, -0.25) is 0 Å². The zero-order valence-electron chi connectivity index (χ0n) is 10.6. The van der Waals surface area contributed by atoms with E-state index in [0.29, 0.717) is 0 Å². The van der Waals surface area contributed by atoms with Crippen molar-refractivity contribution in [1.82, 2.24) is 4.90 Å². The van der Waals surface area contributed by atoms with Crippen LogP contribution >= 0.6 is 0 Å². The normalized spacial score (nSPS) is 11.4. The van der Waals surface area contributed by atoms with Crippen molar-refractivity contribution in [2.24, 2.45) is 0 Å². The van der Waals surface area contributed by atoms with Crippen molar-refractivity contribution in [2.75, 3.05) is 14.1 Å². The summed E-state index contributed by atoms with van der Waals surface area (Å²) in [5, 5.41) is 0. The molecule has 1 aromatic rings. The Labute approximate surface area is 115 Å². The van der Waals surface area contributed by atoms with Crippen LogP contribution < -0.4 is 0 Å². The molecule has 0 aliphatic rings. The van der Waals surface area contributed by atoms with Gasteiger partial charge in [0.2, 0.25) is 0 Å². The van der Waals surface area contributed by atoms with Gasteiger partial charge in [-0.05, 0) is 25.1 Å². The molecular formula is C13H20CuNS. The molecule has 0 N–H and O–H groups in total. The molecule has 0 aliphatic heterocycles. The van der Waals surface area contributed by atoms with Crippen molar-refractivity contribution in [3.8, 4) is 0 Å². The molecule has 0 saturated carbocycles. The third-order valence-electron chi connectivity index (χ3n) is 2.42. The molecule has 0 fully saturated rings. The maximum Gasteiger partial charge on any atom is 1.00 e. The second kappa shape index (κ2) is 6.02. The van der Waals surface area contributed by atoms with Crippen LogP contribution in [0.3, 0.4) is 0 Å². The summed E-state index contributed by atoms with van der Waals surface area (Å²) < 4.78 is 0. The van der Waals surface area contributed by atoms with Gasteiger partial charge in [-0.1, -0.05) is 44.5 Å². The maximum absolute atomic E-state index is 5.40. The summed E-state index contributed by atoms with van der Waals surface area (Å²) in [6.45, 7) is 7.55. The van der Waals surface area contributed by atoms with Crippen molar-refractivity contribution in [3.05, 3.63) is 29.3 Å². The van der Waals surface area contributed by atoms with Gasteiger partial charge in [0.1, 0.15) is 0 Å². The molecule has 0 aliphatic carbocycles. The summed E-state index contributed by atoms with van der Waals surface area (Å²) in [6, 6.07) is 6.48. The minimum absolute atomic E-state index is 0. The molecule has 0 bridgehead atoms. The summed E-state index contributed by atoms with van der Waals surface area (Å²) >= 11 is 5.40. The fourth-order valence-corrected chi connectivity index (χ4v) is 1.75. The summed E-state index contributed by atoms with van der Waals surface area (Å²) in [4.78, 5) is 3.12. The zero-order valence-corrected chi connectivity index (χ0v) is 12.4. The summed E-state index contributed by atoms with van der Waals surface area (Å²) in [5.41, 5.74) is 2.74. The molecule has 0 aromatic heterocycles. The van der Waals surface area contributed by atoms with Gasteiger partial charge in [-0.25, -0.2) is 0 Å². The van der Waals surface area contributed by atoms with Crippen LogP contribution in [0.1, 0.15) is 31.9 Å². The third kappa shape index (κ3) is 4.42. The second-order valence-electron chi connectivity index (χ2n) is 5.31. The Kier molecular flexibility index (Phi) is 5.99. The van der Waals surface area contributed by atoms with E-state index in [1.54, 1.807) is 0 Å². The largest absolute Gasteiger partial charge is 1.00 e. The quantitative estimate of drug-likeness (QED) is 0.607. The molecule has 0 amide bonds. The molecule has 0 heterocycles.